The third-order valence-electron chi connectivity index (χ3n) is 1.78. The van der Waals surface area contributed by atoms with Crippen molar-refractivity contribution in [1.29, 1.82) is 0 Å². The number of H-pyrrole nitrogens is 1. The highest BCUT2D eigenvalue weighted by Gasteiger charge is 2.13. The van der Waals surface area contributed by atoms with Gasteiger partial charge >= 0.3 is 0 Å². The zero-order valence-corrected chi connectivity index (χ0v) is 8.53. The molecule has 0 saturated carbocycles. The van der Waals surface area contributed by atoms with Gasteiger partial charge in [-0.15, -0.1) is 0 Å². The van der Waals surface area contributed by atoms with Crippen LogP contribution in [0.25, 0.3) is 0 Å². The highest BCUT2D eigenvalue weighted by Crippen LogP contribution is 2.11. The summed E-state index contributed by atoms with van der Waals surface area (Å²) < 4.78 is 25.8. The molecule has 0 fully saturated rings. The summed E-state index contributed by atoms with van der Waals surface area (Å²) in [7, 11) is -3.53. The topological polar surface area (TPSA) is 74.8 Å². The fourth-order valence-electron chi connectivity index (χ4n) is 1.11. The third kappa shape index (κ3) is 2.16. The van der Waals surface area contributed by atoms with Gasteiger partial charge in [-0.05, 0) is 12.1 Å². The minimum Gasteiger partial charge on any atom is -0.330 e. The summed E-state index contributed by atoms with van der Waals surface area (Å²) in [5, 5.41) is 0. The van der Waals surface area contributed by atoms with E-state index in [1.54, 1.807) is 24.4 Å². The molecule has 78 valence electrons. The van der Waals surface area contributed by atoms with Gasteiger partial charge in [0.05, 0.1) is 4.90 Å². The molecule has 2 N–H and O–H groups in total. The van der Waals surface area contributed by atoms with E-state index >= 15 is 0 Å². The first-order valence-corrected chi connectivity index (χ1v) is 5.74. The SMILES string of the molecule is O=S(=O)(Nc1ncc[nH]1)c1ccccc1. The van der Waals surface area contributed by atoms with E-state index in [9.17, 15) is 8.42 Å². The van der Waals surface area contributed by atoms with E-state index in [0.717, 1.165) is 0 Å². The molecule has 1 aromatic heterocycles. The van der Waals surface area contributed by atoms with Crippen molar-refractivity contribution in [3.63, 3.8) is 0 Å². The van der Waals surface area contributed by atoms with Crippen molar-refractivity contribution < 1.29 is 8.42 Å². The maximum Gasteiger partial charge on any atom is 0.264 e. The summed E-state index contributed by atoms with van der Waals surface area (Å²) in [5.41, 5.74) is 0. The van der Waals surface area contributed by atoms with Crippen LogP contribution in [0.2, 0.25) is 0 Å². The first-order chi connectivity index (χ1) is 7.18. The Morgan fingerprint density at radius 1 is 1.20 bits per heavy atom. The molecule has 2 rings (SSSR count). The first-order valence-electron chi connectivity index (χ1n) is 4.26. The van der Waals surface area contributed by atoms with E-state index in [2.05, 4.69) is 14.7 Å². The molecule has 0 saturated heterocycles. The van der Waals surface area contributed by atoms with Crippen LogP contribution >= 0.6 is 0 Å². The third-order valence-corrected chi connectivity index (χ3v) is 3.14. The van der Waals surface area contributed by atoms with Gasteiger partial charge in [0.2, 0.25) is 5.95 Å². The average molecular weight is 223 g/mol. The Labute approximate surface area is 87.2 Å². The normalized spacial score (nSPS) is 11.2. The number of nitrogens with one attached hydrogen (secondary N) is 2. The molecule has 15 heavy (non-hydrogen) atoms. The van der Waals surface area contributed by atoms with Crippen molar-refractivity contribution in [3.8, 4) is 0 Å². The van der Waals surface area contributed by atoms with Crippen LogP contribution in [0.15, 0.2) is 47.6 Å². The van der Waals surface area contributed by atoms with Crippen molar-refractivity contribution in [2.45, 2.75) is 4.90 Å². The van der Waals surface area contributed by atoms with Gasteiger partial charge in [0.1, 0.15) is 0 Å². The van der Waals surface area contributed by atoms with Crippen LogP contribution in [0, 0.1) is 0 Å². The smallest absolute Gasteiger partial charge is 0.264 e. The van der Waals surface area contributed by atoms with E-state index in [-0.39, 0.29) is 10.8 Å². The van der Waals surface area contributed by atoms with Crippen molar-refractivity contribution in [3.05, 3.63) is 42.7 Å². The number of hydrogen-bond donors (Lipinski definition) is 2. The monoisotopic (exact) mass is 223 g/mol. The molecule has 1 aromatic carbocycles. The standard InChI is InChI=1S/C9H9N3O2S/c13-15(14,8-4-2-1-3-5-8)12-9-10-6-7-11-9/h1-7H,(H2,10,11,12). The molecule has 0 unspecified atom stereocenters. The molecule has 0 aliphatic carbocycles. The lowest BCUT2D eigenvalue weighted by molar-refractivity contribution is 0.601. The highest BCUT2D eigenvalue weighted by molar-refractivity contribution is 7.92. The van der Waals surface area contributed by atoms with Gasteiger partial charge in [-0.25, -0.2) is 18.1 Å². The van der Waals surface area contributed by atoms with Crippen LogP contribution in [0.3, 0.4) is 0 Å². The Balaban J connectivity index is 2.29. The molecule has 2 aromatic rings. The van der Waals surface area contributed by atoms with Gasteiger partial charge in [-0.1, -0.05) is 18.2 Å². The number of sulfonamides is 1. The van der Waals surface area contributed by atoms with Crippen LogP contribution in [0.5, 0.6) is 0 Å². The largest absolute Gasteiger partial charge is 0.330 e. The molecule has 0 atom stereocenters. The van der Waals surface area contributed by atoms with Crippen molar-refractivity contribution >= 4 is 16.0 Å². The number of imidazole rings is 1. The highest BCUT2D eigenvalue weighted by atomic mass is 32.2. The summed E-state index contributed by atoms with van der Waals surface area (Å²) in [6, 6.07) is 8.12. The van der Waals surface area contributed by atoms with Crippen LogP contribution in [-0.4, -0.2) is 18.4 Å². The van der Waals surface area contributed by atoms with Gasteiger partial charge in [0.25, 0.3) is 10.0 Å². The minimum atomic E-state index is -3.53. The predicted octanol–water partition coefficient (Wildman–Crippen LogP) is 1.21. The molecule has 0 aliphatic rings. The lowest BCUT2D eigenvalue weighted by atomic mass is 10.4. The second kappa shape index (κ2) is 3.74. The average Bonchev–Trinajstić information content (AvgIpc) is 2.71. The molecule has 0 radical (unpaired) electrons. The Morgan fingerprint density at radius 2 is 1.93 bits per heavy atom. The fourth-order valence-corrected chi connectivity index (χ4v) is 2.11. The van der Waals surface area contributed by atoms with Gasteiger partial charge in [-0.2, -0.15) is 0 Å². The minimum absolute atomic E-state index is 0.207. The van der Waals surface area contributed by atoms with Gasteiger partial charge in [0, 0.05) is 12.4 Å². The number of anilines is 1. The fraction of sp³-hybridized carbons (Fsp3) is 0. The Kier molecular flexibility index (Phi) is 2.42. The van der Waals surface area contributed by atoms with Crippen LogP contribution in [0.1, 0.15) is 0 Å². The van der Waals surface area contributed by atoms with Crippen LogP contribution in [0.4, 0.5) is 5.95 Å². The second-order valence-electron chi connectivity index (χ2n) is 2.86. The van der Waals surface area contributed by atoms with Gasteiger partial charge in [-0.3, -0.25) is 0 Å². The van der Waals surface area contributed by atoms with E-state index in [1.165, 1.54) is 18.3 Å². The summed E-state index contributed by atoms with van der Waals surface area (Å²) in [5.74, 6) is 0.207. The molecule has 0 aliphatic heterocycles. The van der Waals surface area contributed by atoms with E-state index < -0.39 is 10.0 Å². The number of hydrogen-bond acceptors (Lipinski definition) is 3. The summed E-state index contributed by atoms with van der Waals surface area (Å²) in [6.07, 6.45) is 3.02. The molecule has 0 bridgehead atoms. The van der Waals surface area contributed by atoms with E-state index in [1.807, 2.05) is 0 Å². The molecular formula is C9H9N3O2S. The number of nitrogens with zero attached hydrogens (tertiary/aromatic N) is 1. The second-order valence-corrected chi connectivity index (χ2v) is 4.54. The van der Waals surface area contributed by atoms with Gasteiger partial charge in [0.15, 0.2) is 0 Å². The van der Waals surface area contributed by atoms with Crippen LogP contribution < -0.4 is 4.72 Å². The number of aromatic amines is 1. The summed E-state index contributed by atoms with van der Waals surface area (Å²) in [4.78, 5) is 6.65. The Hall–Kier alpha value is -1.82. The molecule has 0 amide bonds. The van der Waals surface area contributed by atoms with Gasteiger partial charge < -0.3 is 4.98 Å². The van der Waals surface area contributed by atoms with Crippen molar-refractivity contribution in [2.75, 3.05) is 4.72 Å². The van der Waals surface area contributed by atoms with Crippen molar-refractivity contribution in [1.82, 2.24) is 9.97 Å². The maximum absolute atomic E-state index is 11.7. The zero-order valence-electron chi connectivity index (χ0n) is 7.71. The molecule has 0 spiro atoms. The molecule has 1 heterocycles. The number of aromatic nitrogens is 2. The lowest BCUT2D eigenvalue weighted by Crippen LogP contribution is -2.13. The molecular weight excluding hydrogens is 214 g/mol. The Bertz CT molecular complexity index is 520. The zero-order chi connectivity index (χ0) is 10.7. The van der Waals surface area contributed by atoms with E-state index in [4.69, 9.17) is 0 Å². The van der Waals surface area contributed by atoms with Crippen LogP contribution in [-0.2, 0) is 10.0 Å². The lowest BCUT2D eigenvalue weighted by Gasteiger charge is -2.04. The molecule has 5 nitrogen and oxygen atoms in total. The number of benzene rings is 1. The molecule has 6 heteroatoms. The predicted molar refractivity (Wildman–Crippen MR) is 55.8 cm³/mol. The quantitative estimate of drug-likeness (QED) is 0.821. The Morgan fingerprint density at radius 3 is 2.53 bits per heavy atom. The summed E-state index contributed by atoms with van der Waals surface area (Å²) in [6.45, 7) is 0. The maximum atomic E-state index is 11.7. The van der Waals surface area contributed by atoms with Crippen molar-refractivity contribution in [2.24, 2.45) is 0 Å². The first kappa shape index (κ1) is 9.72. The van der Waals surface area contributed by atoms with E-state index in [0.29, 0.717) is 0 Å². The summed E-state index contributed by atoms with van der Waals surface area (Å²) >= 11 is 0. The number of rotatable bonds is 3.